The lowest BCUT2D eigenvalue weighted by Crippen LogP contribution is -2.64. The van der Waals surface area contributed by atoms with Crippen molar-refractivity contribution < 1.29 is 41.2 Å². The molecule has 4 aliphatic rings. The Bertz CT molecular complexity index is 1320. The van der Waals surface area contributed by atoms with Gasteiger partial charge in [0.2, 0.25) is 27.6 Å². The van der Waals surface area contributed by atoms with Crippen molar-refractivity contribution in [1.29, 1.82) is 0 Å². The fraction of sp³-hybridized carbons (Fsp3) is 0.844. The second kappa shape index (κ2) is 15.3. The molecule has 0 spiro atoms. The predicted molar refractivity (Wildman–Crippen MR) is 173 cm³/mol. The van der Waals surface area contributed by atoms with E-state index in [0.717, 1.165) is 45.6 Å². The summed E-state index contributed by atoms with van der Waals surface area (Å²) >= 11 is 0. The van der Waals surface area contributed by atoms with Gasteiger partial charge in [0.05, 0.1) is 24.4 Å². The Morgan fingerprint density at radius 1 is 0.938 bits per heavy atom. The molecule has 4 rings (SSSR count). The molecule has 1 heterocycles. The van der Waals surface area contributed by atoms with Gasteiger partial charge in [-0.3, -0.25) is 19.2 Å². The van der Waals surface area contributed by atoms with Crippen LogP contribution in [0.1, 0.15) is 104 Å². The van der Waals surface area contributed by atoms with E-state index in [1.165, 1.54) is 4.90 Å². The van der Waals surface area contributed by atoms with Crippen LogP contribution in [0.15, 0.2) is 0 Å². The minimum absolute atomic E-state index is 0.00399. The molecule has 2 atom stereocenters. The van der Waals surface area contributed by atoms with Crippen LogP contribution in [0.4, 0.5) is 13.6 Å². The number of nitrogens with zero attached hydrogens (tertiary/aromatic N) is 2. The third-order valence-corrected chi connectivity index (χ3v) is 12.3. The number of halogens is 2. The van der Waals surface area contributed by atoms with Gasteiger partial charge in [-0.15, -0.1) is 0 Å². The summed E-state index contributed by atoms with van der Waals surface area (Å²) in [4.78, 5) is 67.0. The van der Waals surface area contributed by atoms with Crippen LogP contribution in [0.5, 0.6) is 0 Å². The number of sulfonamides is 1. The lowest BCUT2D eigenvalue weighted by atomic mass is 9.70. The number of rotatable bonds is 14. The first-order chi connectivity index (χ1) is 22.4. The maximum Gasteiger partial charge on any atom is 0.315 e. The molecule has 1 aliphatic heterocycles. The molecule has 3 saturated carbocycles. The zero-order valence-electron chi connectivity index (χ0n) is 28.4. The first-order valence-electron chi connectivity index (χ1n) is 17.3. The number of ketones is 1. The summed E-state index contributed by atoms with van der Waals surface area (Å²) in [5, 5.41) is 10.8. The Hall–Kier alpha value is -2.88. The van der Waals surface area contributed by atoms with Gasteiger partial charge in [-0.25, -0.2) is 22.0 Å². The maximum absolute atomic E-state index is 14.3. The number of carbonyl (C=O) groups excluding carboxylic acids is 5. The quantitative estimate of drug-likeness (QED) is 0.201. The van der Waals surface area contributed by atoms with Crippen LogP contribution in [0.3, 0.4) is 0 Å². The number of alkyl halides is 2. The number of Topliss-reactive ketones (excluding diaryl/α,β-unsaturated/α-hetero) is 1. The summed E-state index contributed by atoms with van der Waals surface area (Å²) in [6, 6.07) is -2.65. The monoisotopic (exact) mass is 702 g/mol. The van der Waals surface area contributed by atoms with Crippen molar-refractivity contribution in [3.8, 4) is 0 Å². The van der Waals surface area contributed by atoms with Gasteiger partial charge in [0.15, 0.2) is 0 Å². The van der Waals surface area contributed by atoms with E-state index in [-0.39, 0.29) is 12.6 Å². The minimum Gasteiger partial charge on any atom is -0.347 e. The van der Waals surface area contributed by atoms with E-state index >= 15 is 0 Å². The maximum atomic E-state index is 14.3. The van der Waals surface area contributed by atoms with Crippen LogP contribution in [0, 0.1) is 5.41 Å². The molecular formula is C32H52F2N6O7S. The molecule has 3 aliphatic carbocycles. The molecule has 13 nitrogen and oxygen atoms in total. The van der Waals surface area contributed by atoms with Gasteiger partial charge in [0.1, 0.15) is 12.1 Å². The van der Waals surface area contributed by atoms with E-state index in [1.54, 1.807) is 0 Å². The number of likely N-dealkylation sites (tertiary alicyclic amines) is 1. The van der Waals surface area contributed by atoms with Crippen LogP contribution >= 0.6 is 0 Å². The van der Waals surface area contributed by atoms with Gasteiger partial charge in [-0.05, 0) is 56.8 Å². The fourth-order valence-corrected chi connectivity index (χ4v) is 9.10. The van der Waals surface area contributed by atoms with Crippen molar-refractivity contribution >= 4 is 39.6 Å². The second-order valence-electron chi connectivity index (χ2n) is 14.7. The molecule has 0 aromatic carbocycles. The summed E-state index contributed by atoms with van der Waals surface area (Å²) in [6.07, 6.45) is 9.23. The molecule has 4 fully saturated rings. The van der Waals surface area contributed by atoms with Crippen molar-refractivity contribution in [2.24, 2.45) is 5.41 Å². The summed E-state index contributed by atoms with van der Waals surface area (Å²) in [6.45, 7) is 1.36. The normalized spacial score (nSPS) is 23.2. The van der Waals surface area contributed by atoms with Crippen LogP contribution in [0.2, 0.25) is 0 Å². The summed E-state index contributed by atoms with van der Waals surface area (Å²) in [7, 11) is -3.08. The van der Waals surface area contributed by atoms with Crippen LogP contribution in [-0.4, -0.2) is 109 Å². The third-order valence-electron chi connectivity index (χ3n) is 10.3. The molecule has 0 radical (unpaired) electrons. The predicted octanol–water partition coefficient (Wildman–Crippen LogP) is 2.20. The summed E-state index contributed by atoms with van der Waals surface area (Å²) in [5.74, 6) is -6.32. The Balaban J connectivity index is 1.48. The van der Waals surface area contributed by atoms with Gasteiger partial charge in [-0.1, -0.05) is 45.4 Å². The molecule has 272 valence electrons. The van der Waals surface area contributed by atoms with Gasteiger partial charge in [-0.2, -0.15) is 4.31 Å². The van der Waals surface area contributed by atoms with Crippen LogP contribution in [0.25, 0.3) is 0 Å². The van der Waals surface area contributed by atoms with E-state index < -0.39 is 87.4 Å². The smallest absolute Gasteiger partial charge is 0.315 e. The number of nitrogens with one attached hydrogen (secondary N) is 4. The summed E-state index contributed by atoms with van der Waals surface area (Å²) < 4.78 is 54.5. The van der Waals surface area contributed by atoms with E-state index in [2.05, 4.69) is 21.3 Å². The van der Waals surface area contributed by atoms with Crippen LogP contribution < -0.4 is 21.3 Å². The van der Waals surface area contributed by atoms with E-state index in [4.69, 9.17) is 0 Å². The van der Waals surface area contributed by atoms with Crippen molar-refractivity contribution in [3.63, 3.8) is 0 Å². The first-order valence-corrected chi connectivity index (χ1v) is 18.9. The third kappa shape index (κ3) is 10.1. The van der Waals surface area contributed by atoms with Crippen LogP contribution in [-0.2, 0) is 29.2 Å². The average molecular weight is 703 g/mol. The molecule has 4 N–H and O–H groups in total. The number of amides is 5. The van der Waals surface area contributed by atoms with Crippen molar-refractivity contribution in [2.75, 3.05) is 32.4 Å². The minimum atomic E-state index is -4.18. The highest BCUT2D eigenvalue weighted by Gasteiger charge is 2.47. The van der Waals surface area contributed by atoms with Gasteiger partial charge in [0.25, 0.3) is 11.8 Å². The second-order valence-corrected chi connectivity index (χ2v) is 16.8. The van der Waals surface area contributed by atoms with Gasteiger partial charge in [0, 0.05) is 26.6 Å². The topological polar surface area (TPSA) is 174 Å². The molecule has 48 heavy (non-hydrogen) atoms. The number of urea groups is 1. The lowest BCUT2D eigenvalue weighted by molar-refractivity contribution is -0.143. The zero-order chi connectivity index (χ0) is 35.3. The van der Waals surface area contributed by atoms with Gasteiger partial charge >= 0.3 is 6.03 Å². The molecular weight excluding hydrogens is 650 g/mol. The largest absolute Gasteiger partial charge is 0.347 e. The molecule has 5 amide bonds. The first kappa shape index (κ1) is 37.9. The molecule has 1 saturated heterocycles. The van der Waals surface area contributed by atoms with E-state index in [1.807, 2.05) is 6.92 Å². The highest BCUT2D eigenvalue weighted by atomic mass is 32.2. The highest BCUT2D eigenvalue weighted by molar-refractivity contribution is 7.89. The SMILES string of the molecule is CN(CC(C)(F)F)S(=O)(=O)CC1(NC(=O)N[C@H](C(=O)N2CCC[C@H]2C(=O)NCC(=O)C(=O)NC2CC2)C2(C)CCCCC2)CCCCC1. The van der Waals surface area contributed by atoms with Crippen molar-refractivity contribution in [2.45, 2.75) is 133 Å². The molecule has 16 heteroatoms. The molecule has 0 unspecified atom stereocenters. The number of carbonyl (C=O) groups is 5. The lowest BCUT2D eigenvalue weighted by Gasteiger charge is -2.43. The molecule has 0 aromatic rings. The Labute approximate surface area is 282 Å². The van der Waals surface area contributed by atoms with E-state index in [9.17, 15) is 41.2 Å². The Morgan fingerprint density at radius 3 is 2.12 bits per heavy atom. The zero-order valence-corrected chi connectivity index (χ0v) is 29.2. The number of hydrogen-bond acceptors (Lipinski definition) is 7. The number of hydrogen-bond donors (Lipinski definition) is 4. The fourth-order valence-electron chi connectivity index (χ4n) is 7.40. The molecule has 0 aromatic heterocycles. The highest BCUT2D eigenvalue weighted by Crippen LogP contribution is 2.40. The van der Waals surface area contributed by atoms with Crippen molar-refractivity contribution in [3.05, 3.63) is 0 Å². The molecule has 0 bridgehead atoms. The van der Waals surface area contributed by atoms with Gasteiger partial charge < -0.3 is 26.2 Å². The standard InChI is InChI=1S/C32H52F2N6O7S/c1-30(14-6-4-7-15-30)25(28(44)40-18-10-11-23(40)26(42)35-19-24(41)27(43)36-22-12-13-22)37-29(45)38-32(16-8-5-9-17-32)21-48(46,47)39(3)20-31(2,33)34/h22-23,25H,4-21H2,1-3H3,(H,35,42)(H,36,43)(H2,37,38,45)/t23-,25+/m0/s1. The summed E-state index contributed by atoms with van der Waals surface area (Å²) in [5.41, 5.74) is -1.86. The Kier molecular flexibility index (Phi) is 12.1. The van der Waals surface area contributed by atoms with E-state index in [0.29, 0.717) is 62.6 Å². The van der Waals surface area contributed by atoms with Crippen molar-refractivity contribution in [1.82, 2.24) is 30.5 Å². The Morgan fingerprint density at radius 2 is 1.54 bits per heavy atom. The average Bonchev–Trinajstić information content (AvgIpc) is 3.68.